The second-order valence-corrected chi connectivity index (χ2v) is 3.41. The van der Waals surface area contributed by atoms with Crippen molar-refractivity contribution in [3.63, 3.8) is 0 Å². The van der Waals surface area contributed by atoms with Crippen LogP contribution in [0.4, 0.5) is 19.0 Å². The van der Waals surface area contributed by atoms with Crippen LogP contribution in [0.25, 0.3) is 0 Å². The summed E-state index contributed by atoms with van der Waals surface area (Å²) in [7, 11) is 0. The summed E-state index contributed by atoms with van der Waals surface area (Å²) in [6.07, 6.45) is -3.54. The predicted octanol–water partition coefficient (Wildman–Crippen LogP) is 2.21. The molecule has 2 heterocycles. The lowest BCUT2D eigenvalue weighted by Crippen LogP contribution is -2.35. The zero-order valence-electron chi connectivity index (χ0n) is 8.11. The van der Waals surface area contributed by atoms with Crippen molar-refractivity contribution in [1.29, 1.82) is 0 Å². The van der Waals surface area contributed by atoms with E-state index < -0.39 is 16.6 Å². The quantitative estimate of drug-likeness (QED) is 0.549. The van der Waals surface area contributed by atoms with E-state index >= 15 is 0 Å². The first-order chi connectivity index (χ1) is 7.42. The average molecular weight is 231 g/mol. The highest BCUT2D eigenvalue weighted by Gasteiger charge is 2.44. The number of hydroxylamine groups is 1. The van der Waals surface area contributed by atoms with Crippen molar-refractivity contribution in [2.45, 2.75) is 12.6 Å². The van der Waals surface area contributed by atoms with Crippen LogP contribution in [-0.2, 0) is 0 Å². The molecule has 0 saturated carbocycles. The van der Waals surface area contributed by atoms with Gasteiger partial charge in [0.1, 0.15) is 6.54 Å². The zero-order valence-corrected chi connectivity index (χ0v) is 8.11. The molecule has 0 fully saturated rings. The Labute approximate surface area is 89.2 Å². The molecule has 1 aliphatic rings. The average Bonchev–Trinajstić information content (AvgIpc) is 2.63. The third-order valence-electron chi connectivity index (χ3n) is 2.27. The molecule has 86 valence electrons. The Morgan fingerprint density at radius 3 is 2.56 bits per heavy atom. The first-order valence-electron chi connectivity index (χ1n) is 4.59. The van der Waals surface area contributed by atoms with E-state index in [1.807, 2.05) is 0 Å². The number of aromatic nitrogens is 1. The van der Waals surface area contributed by atoms with Gasteiger partial charge in [0.15, 0.2) is 5.71 Å². The second-order valence-electron chi connectivity index (χ2n) is 3.41. The third-order valence-corrected chi connectivity index (χ3v) is 2.27. The molecule has 1 aliphatic heterocycles. The Morgan fingerprint density at radius 1 is 1.31 bits per heavy atom. The minimum absolute atomic E-state index is 0.0262. The van der Waals surface area contributed by atoms with Crippen LogP contribution < -0.4 is 4.76 Å². The summed E-state index contributed by atoms with van der Waals surface area (Å²) < 4.78 is 35.6. The maximum Gasteiger partial charge on any atom is 0.434 e. The molecule has 1 atom stereocenters. The molecule has 0 aromatic carbocycles. The summed E-state index contributed by atoms with van der Waals surface area (Å²) in [6.45, 7) is -0.258. The van der Waals surface area contributed by atoms with E-state index in [1.54, 1.807) is 12.1 Å². The summed E-state index contributed by atoms with van der Waals surface area (Å²) in [6, 6.07) is 4.50. The van der Waals surface area contributed by atoms with E-state index in [-0.39, 0.29) is 18.8 Å². The lowest BCUT2D eigenvalue weighted by Gasteiger charge is -2.29. The smallest absolute Gasteiger partial charge is 0.434 e. The monoisotopic (exact) mass is 231 g/mol. The van der Waals surface area contributed by atoms with Gasteiger partial charge in [-0.05, 0) is 6.07 Å². The predicted molar refractivity (Wildman–Crippen MR) is 52.4 cm³/mol. The fourth-order valence-corrected chi connectivity index (χ4v) is 1.48. The first kappa shape index (κ1) is 11.0. The molecule has 0 aliphatic carbocycles. The molecule has 16 heavy (non-hydrogen) atoms. The molecule has 4 nitrogen and oxygen atoms in total. The van der Waals surface area contributed by atoms with Gasteiger partial charge in [0.25, 0.3) is 5.82 Å². The van der Waals surface area contributed by atoms with Crippen molar-refractivity contribution in [3.05, 3.63) is 29.6 Å². The van der Waals surface area contributed by atoms with Gasteiger partial charge in [-0.3, -0.25) is 0 Å². The topological polar surface area (TPSA) is 48.3 Å². The fraction of sp³-hybridized carbons (Fsp3) is 0.333. The summed E-state index contributed by atoms with van der Waals surface area (Å²) in [5, 5.41) is 15.1. The van der Waals surface area contributed by atoms with Gasteiger partial charge in [-0.15, -0.1) is 0 Å². The van der Waals surface area contributed by atoms with Crippen LogP contribution in [-0.4, -0.2) is 23.4 Å². The molecule has 2 rings (SSSR count). The van der Waals surface area contributed by atoms with Crippen LogP contribution in [0.15, 0.2) is 29.5 Å². The normalized spacial score (nSPS) is 25.6. The van der Waals surface area contributed by atoms with E-state index in [2.05, 4.69) is 10.1 Å². The highest BCUT2D eigenvalue weighted by Crippen LogP contribution is 2.30. The Balaban J connectivity index is 2.34. The van der Waals surface area contributed by atoms with Crippen molar-refractivity contribution in [1.82, 2.24) is 9.74 Å². The van der Waals surface area contributed by atoms with Crippen molar-refractivity contribution < 1.29 is 13.2 Å². The zero-order chi connectivity index (χ0) is 11.8. The highest BCUT2D eigenvalue weighted by molar-refractivity contribution is 5.91. The standard InChI is InChI=1S/C9H8F3N3O/c10-9(11,12)7-4-6-15(16,14-7)8-3-1-2-5-13-8/h1-3,5H,4,6H2. The van der Waals surface area contributed by atoms with E-state index in [4.69, 9.17) is 0 Å². The Hall–Kier alpha value is -1.47. The maximum absolute atomic E-state index is 12.3. The molecule has 0 bridgehead atoms. The molecule has 0 amide bonds. The minimum Gasteiger partial charge on any atom is -0.598 e. The SMILES string of the molecule is [O-][N+]1(c2ccccn2)CCC(C(F)(F)F)=N1. The first-order valence-corrected chi connectivity index (χ1v) is 4.59. The van der Waals surface area contributed by atoms with Gasteiger partial charge in [-0.1, -0.05) is 11.2 Å². The number of rotatable bonds is 1. The second kappa shape index (κ2) is 3.53. The van der Waals surface area contributed by atoms with Crippen molar-refractivity contribution >= 4 is 11.5 Å². The van der Waals surface area contributed by atoms with Crippen LogP contribution >= 0.6 is 0 Å². The van der Waals surface area contributed by atoms with Crippen LogP contribution in [0.2, 0.25) is 0 Å². The van der Waals surface area contributed by atoms with Gasteiger partial charge < -0.3 is 5.21 Å². The van der Waals surface area contributed by atoms with E-state index in [0.29, 0.717) is 0 Å². The van der Waals surface area contributed by atoms with Crippen LogP contribution in [0, 0.1) is 5.21 Å². The van der Waals surface area contributed by atoms with Crippen molar-refractivity contribution in [2.75, 3.05) is 6.54 Å². The Kier molecular flexibility index (Phi) is 2.43. The van der Waals surface area contributed by atoms with Gasteiger partial charge in [-0.25, -0.2) is 4.98 Å². The summed E-state index contributed by atoms with van der Waals surface area (Å²) >= 11 is 0. The molecule has 0 saturated heterocycles. The lowest BCUT2D eigenvalue weighted by atomic mass is 10.3. The molecule has 0 N–H and O–H groups in total. The molecule has 1 aromatic rings. The molecule has 0 spiro atoms. The van der Waals surface area contributed by atoms with Gasteiger partial charge in [-0.2, -0.15) is 17.9 Å². The summed E-state index contributed by atoms with van der Waals surface area (Å²) in [4.78, 5) is 3.73. The van der Waals surface area contributed by atoms with Crippen LogP contribution in [0.1, 0.15) is 6.42 Å². The van der Waals surface area contributed by atoms with E-state index in [0.717, 1.165) is 0 Å². The number of hydrogen-bond acceptors (Lipinski definition) is 3. The molecular formula is C9H8F3N3O. The maximum atomic E-state index is 12.3. The lowest BCUT2D eigenvalue weighted by molar-refractivity contribution is -0.0600. The molecule has 7 heteroatoms. The number of hydrogen-bond donors (Lipinski definition) is 0. The van der Waals surface area contributed by atoms with Gasteiger partial charge in [0.05, 0.1) is 6.42 Å². The number of pyridine rings is 1. The van der Waals surface area contributed by atoms with Gasteiger partial charge in [0.2, 0.25) is 0 Å². The van der Waals surface area contributed by atoms with Gasteiger partial charge >= 0.3 is 6.18 Å². The number of alkyl halides is 3. The largest absolute Gasteiger partial charge is 0.598 e. The van der Waals surface area contributed by atoms with Crippen molar-refractivity contribution in [2.24, 2.45) is 5.10 Å². The Morgan fingerprint density at radius 2 is 2.06 bits per heavy atom. The van der Waals surface area contributed by atoms with Crippen LogP contribution in [0.5, 0.6) is 0 Å². The van der Waals surface area contributed by atoms with E-state index in [9.17, 15) is 18.4 Å². The third kappa shape index (κ3) is 1.91. The highest BCUT2D eigenvalue weighted by atomic mass is 19.4. The number of halogens is 3. The molecular weight excluding hydrogens is 223 g/mol. The number of nitrogens with zero attached hydrogens (tertiary/aromatic N) is 3. The van der Waals surface area contributed by atoms with Gasteiger partial charge in [0, 0.05) is 12.3 Å². The molecule has 1 unspecified atom stereocenters. The fourth-order valence-electron chi connectivity index (χ4n) is 1.48. The Bertz CT molecular complexity index is 418. The summed E-state index contributed by atoms with van der Waals surface area (Å²) in [5.74, 6) is -0.0262. The van der Waals surface area contributed by atoms with Crippen molar-refractivity contribution in [3.8, 4) is 0 Å². The molecule has 1 aromatic heterocycles. The minimum atomic E-state index is -4.53. The number of quaternary nitrogens is 1. The van der Waals surface area contributed by atoms with E-state index in [1.165, 1.54) is 12.3 Å². The molecule has 0 radical (unpaired) electrons. The summed E-state index contributed by atoms with van der Waals surface area (Å²) in [5.41, 5.74) is -1.02. The van der Waals surface area contributed by atoms with Crippen LogP contribution in [0.3, 0.4) is 0 Å².